The van der Waals surface area contributed by atoms with Gasteiger partial charge >= 0.3 is 0 Å². The molecule has 1 N–H and O–H groups in total. The highest BCUT2D eigenvalue weighted by molar-refractivity contribution is 7.90. The van der Waals surface area contributed by atoms with Gasteiger partial charge < -0.3 is 5.11 Å². The van der Waals surface area contributed by atoms with Crippen molar-refractivity contribution < 1.29 is 18.3 Å². The minimum atomic E-state index is -4.11. The van der Waals surface area contributed by atoms with E-state index in [0.717, 1.165) is 16.7 Å². The van der Waals surface area contributed by atoms with Gasteiger partial charge in [-0.3, -0.25) is 4.79 Å². The SMILES string of the molecule is Cc1cc(S(=O)(=O)n2nccc2C(=O)c2ccccc2O)ccc1-c1ccccc1. The zero-order valence-electron chi connectivity index (χ0n) is 16.1. The molecule has 4 rings (SSSR count). The zero-order chi connectivity index (χ0) is 21.3. The second-order valence-corrected chi connectivity index (χ2v) is 8.52. The molecule has 0 bridgehead atoms. The number of carbonyl (C=O) groups excluding carboxylic acids is 1. The number of para-hydroxylation sites is 1. The van der Waals surface area contributed by atoms with Crippen LogP contribution in [0.2, 0.25) is 0 Å². The van der Waals surface area contributed by atoms with Crippen molar-refractivity contribution >= 4 is 15.8 Å². The van der Waals surface area contributed by atoms with E-state index < -0.39 is 15.8 Å². The third-order valence-electron chi connectivity index (χ3n) is 4.80. The number of hydrogen-bond donors (Lipinski definition) is 1. The van der Waals surface area contributed by atoms with Crippen molar-refractivity contribution in [1.82, 2.24) is 9.19 Å². The van der Waals surface area contributed by atoms with E-state index in [1.807, 2.05) is 37.3 Å². The number of benzene rings is 3. The van der Waals surface area contributed by atoms with Gasteiger partial charge in [0.1, 0.15) is 11.4 Å². The second kappa shape index (κ2) is 7.61. The Balaban J connectivity index is 1.76. The van der Waals surface area contributed by atoms with E-state index in [-0.39, 0.29) is 21.9 Å². The van der Waals surface area contributed by atoms with Crippen LogP contribution in [0.25, 0.3) is 11.1 Å². The molecule has 1 heterocycles. The van der Waals surface area contributed by atoms with Gasteiger partial charge in [-0.25, -0.2) is 0 Å². The van der Waals surface area contributed by atoms with Crippen molar-refractivity contribution in [3.8, 4) is 16.9 Å². The molecule has 7 heteroatoms. The Bertz CT molecular complexity index is 1340. The van der Waals surface area contributed by atoms with Gasteiger partial charge in [-0.15, -0.1) is 4.09 Å². The number of aromatic hydroxyl groups is 1. The Morgan fingerprint density at radius 3 is 2.33 bits per heavy atom. The molecule has 0 fully saturated rings. The summed E-state index contributed by atoms with van der Waals surface area (Å²) in [4.78, 5) is 12.9. The van der Waals surface area contributed by atoms with Crippen LogP contribution in [0.15, 0.2) is 90.0 Å². The smallest absolute Gasteiger partial charge is 0.283 e. The van der Waals surface area contributed by atoms with E-state index in [1.165, 1.54) is 30.5 Å². The lowest BCUT2D eigenvalue weighted by molar-refractivity contribution is 0.103. The van der Waals surface area contributed by atoms with E-state index in [2.05, 4.69) is 5.10 Å². The monoisotopic (exact) mass is 418 g/mol. The molecule has 30 heavy (non-hydrogen) atoms. The number of aryl methyl sites for hydroxylation is 1. The number of phenolic OH excluding ortho intramolecular Hbond substituents is 1. The minimum absolute atomic E-state index is 0.00468. The molecule has 1 aromatic heterocycles. The quantitative estimate of drug-likeness (QED) is 0.494. The summed E-state index contributed by atoms with van der Waals surface area (Å²) in [6.07, 6.45) is 1.25. The van der Waals surface area contributed by atoms with Crippen LogP contribution in [-0.2, 0) is 10.0 Å². The van der Waals surface area contributed by atoms with Gasteiger partial charge in [0, 0.05) is 0 Å². The summed E-state index contributed by atoms with van der Waals surface area (Å²) in [5, 5.41) is 13.8. The Kier molecular flexibility index (Phi) is 4.97. The van der Waals surface area contributed by atoms with Gasteiger partial charge in [-0.2, -0.15) is 13.5 Å². The van der Waals surface area contributed by atoms with E-state index in [1.54, 1.807) is 24.3 Å². The predicted octanol–water partition coefficient (Wildman–Crippen LogP) is 4.03. The molecular formula is C23H18N2O4S. The number of hydrogen-bond acceptors (Lipinski definition) is 5. The standard InChI is InChI=1S/C23H18N2O4S/c1-16-15-18(11-12-19(16)17-7-3-2-4-8-17)30(28,29)25-21(13-14-24-25)23(27)20-9-5-6-10-22(20)26/h2-15,26H,1H3. The van der Waals surface area contributed by atoms with Gasteiger partial charge in [-0.05, 0) is 53.9 Å². The van der Waals surface area contributed by atoms with Crippen molar-refractivity contribution in [2.24, 2.45) is 0 Å². The number of nitrogens with zero attached hydrogens (tertiary/aromatic N) is 2. The average molecular weight is 418 g/mol. The molecule has 0 atom stereocenters. The highest BCUT2D eigenvalue weighted by Gasteiger charge is 2.26. The summed E-state index contributed by atoms with van der Waals surface area (Å²) in [5.41, 5.74) is 2.53. The number of carbonyl (C=O) groups is 1. The van der Waals surface area contributed by atoms with Crippen LogP contribution < -0.4 is 0 Å². The summed E-state index contributed by atoms with van der Waals surface area (Å²) in [7, 11) is -4.11. The fraction of sp³-hybridized carbons (Fsp3) is 0.0435. The molecule has 0 amide bonds. The van der Waals surface area contributed by atoms with E-state index in [0.29, 0.717) is 4.09 Å². The van der Waals surface area contributed by atoms with Crippen molar-refractivity contribution in [1.29, 1.82) is 0 Å². The molecule has 0 radical (unpaired) electrons. The Labute approximate surface area is 174 Å². The van der Waals surface area contributed by atoms with Crippen molar-refractivity contribution in [3.63, 3.8) is 0 Å². The summed E-state index contributed by atoms with van der Waals surface area (Å²) >= 11 is 0. The molecule has 0 unspecified atom stereocenters. The van der Waals surface area contributed by atoms with Crippen LogP contribution in [0.4, 0.5) is 0 Å². The first-order valence-electron chi connectivity index (χ1n) is 9.18. The Morgan fingerprint density at radius 1 is 0.933 bits per heavy atom. The fourth-order valence-electron chi connectivity index (χ4n) is 3.29. The molecule has 150 valence electrons. The largest absolute Gasteiger partial charge is 0.507 e. The third kappa shape index (κ3) is 3.40. The molecule has 0 aliphatic heterocycles. The minimum Gasteiger partial charge on any atom is -0.507 e. The maximum Gasteiger partial charge on any atom is 0.283 e. The van der Waals surface area contributed by atoms with Gasteiger partial charge in [0.15, 0.2) is 0 Å². The lowest BCUT2D eigenvalue weighted by Gasteiger charge is -2.12. The third-order valence-corrected chi connectivity index (χ3v) is 6.40. The molecule has 3 aromatic carbocycles. The van der Waals surface area contributed by atoms with E-state index in [4.69, 9.17) is 0 Å². The Morgan fingerprint density at radius 2 is 1.63 bits per heavy atom. The fourth-order valence-corrected chi connectivity index (χ4v) is 4.63. The first kappa shape index (κ1) is 19.6. The number of rotatable bonds is 5. The summed E-state index contributed by atoms with van der Waals surface area (Å²) < 4.78 is 27.2. The molecular weight excluding hydrogens is 400 g/mol. The summed E-state index contributed by atoms with van der Waals surface area (Å²) in [6.45, 7) is 1.83. The molecule has 0 saturated heterocycles. The van der Waals surface area contributed by atoms with Gasteiger partial charge in [0.05, 0.1) is 16.7 Å². The number of phenols is 1. The molecule has 0 aliphatic carbocycles. The van der Waals surface area contributed by atoms with Crippen LogP contribution >= 0.6 is 0 Å². The van der Waals surface area contributed by atoms with Crippen LogP contribution in [0.3, 0.4) is 0 Å². The van der Waals surface area contributed by atoms with Gasteiger partial charge in [-0.1, -0.05) is 48.5 Å². The number of ketones is 1. The van der Waals surface area contributed by atoms with Crippen molar-refractivity contribution in [3.05, 3.63) is 102 Å². The predicted molar refractivity (Wildman–Crippen MR) is 113 cm³/mol. The first-order valence-corrected chi connectivity index (χ1v) is 10.6. The molecule has 4 aromatic rings. The molecule has 0 spiro atoms. The van der Waals surface area contributed by atoms with Crippen LogP contribution in [0.1, 0.15) is 21.6 Å². The van der Waals surface area contributed by atoms with Crippen molar-refractivity contribution in [2.75, 3.05) is 0 Å². The lowest BCUT2D eigenvalue weighted by atomic mass is 10.0. The lowest BCUT2D eigenvalue weighted by Crippen LogP contribution is -2.20. The first-order chi connectivity index (χ1) is 14.4. The molecule has 0 aliphatic rings. The maximum absolute atomic E-state index is 13.2. The maximum atomic E-state index is 13.2. The van der Waals surface area contributed by atoms with Crippen molar-refractivity contribution in [2.45, 2.75) is 11.8 Å². The van der Waals surface area contributed by atoms with E-state index in [9.17, 15) is 18.3 Å². The average Bonchev–Trinajstić information content (AvgIpc) is 3.25. The summed E-state index contributed by atoms with van der Waals surface area (Å²) in [6, 6.07) is 21.7. The highest BCUT2D eigenvalue weighted by Crippen LogP contribution is 2.27. The normalized spacial score (nSPS) is 11.4. The van der Waals surface area contributed by atoms with E-state index >= 15 is 0 Å². The van der Waals surface area contributed by atoms with Crippen LogP contribution in [0, 0.1) is 6.92 Å². The zero-order valence-corrected chi connectivity index (χ0v) is 16.9. The topological polar surface area (TPSA) is 89.3 Å². The summed E-state index contributed by atoms with van der Waals surface area (Å²) in [5.74, 6) is -0.859. The van der Waals surface area contributed by atoms with Gasteiger partial charge in [0.2, 0.25) is 5.78 Å². The Hall–Kier alpha value is -3.71. The molecule has 6 nitrogen and oxygen atoms in total. The second-order valence-electron chi connectivity index (χ2n) is 6.75. The van der Waals surface area contributed by atoms with Gasteiger partial charge in [0.25, 0.3) is 10.0 Å². The highest BCUT2D eigenvalue weighted by atomic mass is 32.2. The molecule has 0 saturated carbocycles. The van der Waals surface area contributed by atoms with Crippen LogP contribution in [-0.4, -0.2) is 28.5 Å². The van der Waals surface area contributed by atoms with Crippen LogP contribution in [0.5, 0.6) is 5.75 Å². The number of aromatic nitrogens is 2.